The molecule has 1 heteroatoms. The second kappa shape index (κ2) is 8.52. The molecule has 2 aromatic rings. The third kappa shape index (κ3) is 3.71. The maximum absolute atomic E-state index is 2.51. The summed E-state index contributed by atoms with van der Waals surface area (Å²) in [5.74, 6) is 0. The van der Waals surface area contributed by atoms with Crippen LogP contribution in [0.5, 0.6) is 0 Å². The van der Waals surface area contributed by atoms with Gasteiger partial charge < -0.3 is 0 Å². The van der Waals surface area contributed by atoms with Crippen molar-refractivity contribution in [1.82, 2.24) is 0 Å². The van der Waals surface area contributed by atoms with Crippen molar-refractivity contribution in [2.75, 3.05) is 0 Å². The van der Waals surface area contributed by atoms with Gasteiger partial charge in [0.2, 0.25) is 0 Å². The fourth-order valence-corrected chi connectivity index (χ4v) is 15.2. The SMILES string of the molecule is CC[CH2][Ti]([CH2]CC)([CH2]CC)[CH]1C(c2ccccc2)=Cc2ccccc21. The van der Waals surface area contributed by atoms with E-state index >= 15 is 0 Å². The molecule has 1 atom stereocenters. The molecule has 0 spiro atoms. The number of fused-ring (bicyclic) bond motifs is 1. The van der Waals surface area contributed by atoms with Gasteiger partial charge in [0.05, 0.1) is 0 Å². The van der Waals surface area contributed by atoms with E-state index in [1.54, 1.807) is 11.1 Å². The molecule has 3 rings (SSSR count). The van der Waals surface area contributed by atoms with Gasteiger partial charge in [-0.15, -0.1) is 0 Å². The van der Waals surface area contributed by atoms with E-state index in [4.69, 9.17) is 0 Å². The van der Waals surface area contributed by atoms with Gasteiger partial charge in [0.15, 0.2) is 0 Å². The number of hydrogen-bond acceptors (Lipinski definition) is 0. The van der Waals surface area contributed by atoms with E-state index in [1.165, 1.54) is 44.6 Å². The Morgan fingerprint density at radius 1 is 0.720 bits per heavy atom. The normalized spacial score (nSPS) is 16.6. The second-order valence-corrected chi connectivity index (χ2v) is 15.1. The molecule has 1 unspecified atom stereocenters. The molecular formula is C24H32Ti. The topological polar surface area (TPSA) is 0 Å². The molecule has 0 aromatic heterocycles. The number of hydrogen-bond donors (Lipinski definition) is 0. The molecule has 0 radical (unpaired) electrons. The van der Waals surface area contributed by atoms with Crippen molar-refractivity contribution in [3.05, 3.63) is 71.3 Å². The summed E-state index contributed by atoms with van der Waals surface area (Å²) >= 11 is -2.06. The molecule has 0 saturated heterocycles. The Balaban J connectivity index is 2.15. The molecule has 25 heavy (non-hydrogen) atoms. The van der Waals surface area contributed by atoms with Crippen LogP contribution in [0.3, 0.4) is 0 Å². The fraction of sp³-hybridized carbons (Fsp3) is 0.417. The van der Waals surface area contributed by atoms with Crippen LogP contribution in [0, 0.1) is 0 Å². The quantitative estimate of drug-likeness (QED) is 0.415. The third-order valence-electron chi connectivity index (χ3n) is 5.89. The van der Waals surface area contributed by atoms with Gasteiger partial charge in [0.25, 0.3) is 0 Å². The van der Waals surface area contributed by atoms with E-state index in [9.17, 15) is 0 Å². The summed E-state index contributed by atoms with van der Waals surface area (Å²) in [7, 11) is 0. The van der Waals surface area contributed by atoms with Gasteiger partial charge in [0, 0.05) is 0 Å². The predicted molar refractivity (Wildman–Crippen MR) is 109 cm³/mol. The molecule has 0 saturated carbocycles. The van der Waals surface area contributed by atoms with Crippen LogP contribution in [0.2, 0.25) is 14.2 Å². The Bertz CT molecular complexity index is 697. The Morgan fingerprint density at radius 2 is 1.28 bits per heavy atom. The van der Waals surface area contributed by atoms with Gasteiger partial charge in [0.1, 0.15) is 0 Å². The zero-order chi connectivity index (χ0) is 17.7. The first-order valence-corrected chi connectivity index (χ1v) is 14.3. The van der Waals surface area contributed by atoms with Crippen molar-refractivity contribution in [1.29, 1.82) is 0 Å². The first-order chi connectivity index (χ1) is 12.3. The first kappa shape index (κ1) is 18.7. The molecular weight excluding hydrogens is 336 g/mol. The summed E-state index contributed by atoms with van der Waals surface area (Å²) < 4.78 is 5.24. The number of benzene rings is 2. The summed E-state index contributed by atoms with van der Waals surface area (Å²) in [5.41, 5.74) is 6.18. The fourth-order valence-electron chi connectivity index (χ4n) is 5.17. The molecule has 1 aliphatic rings. The Morgan fingerprint density at radius 3 is 1.88 bits per heavy atom. The van der Waals surface area contributed by atoms with Crippen LogP contribution in [-0.4, -0.2) is 0 Å². The Labute approximate surface area is 157 Å². The Kier molecular flexibility index (Phi) is 6.36. The van der Waals surface area contributed by atoms with Crippen molar-refractivity contribution >= 4 is 11.6 Å². The van der Waals surface area contributed by atoms with E-state index in [0.29, 0.717) is 0 Å². The summed E-state index contributed by atoms with van der Waals surface area (Å²) in [6, 6.07) is 20.4. The van der Waals surface area contributed by atoms with Crippen LogP contribution < -0.4 is 0 Å². The maximum atomic E-state index is 2.51. The molecule has 0 heterocycles. The van der Waals surface area contributed by atoms with E-state index in [0.717, 1.165) is 4.22 Å². The van der Waals surface area contributed by atoms with Gasteiger partial charge >= 0.3 is 158 Å². The van der Waals surface area contributed by atoms with Gasteiger partial charge in [-0.1, -0.05) is 0 Å². The molecule has 0 nitrogen and oxygen atoms in total. The number of allylic oxidation sites excluding steroid dienone is 1. The van der Waals surface area contributed by atoms with E-state index in [2.05, 4.69) is 81.4 Å². The predicted octanol–water partition coefficient (Wildman–Crippen LogP) is 7.92. The number of rotatable bonds is 8. The molecule has 0 N–H and O–H groups in total. The van der Waals surface area contributed by atoms with Crippen LogP contribution in [0.1, 0.15) is 60.9 Å². The summed E-state index contributed by atoms with van der Waals surface area (Å²) in [6.45, 7) is 7.20. The molecule has 0 amide bonds. The van der Waals surface area contributed by atoms with Gasteiger partial charge in [-0.25, -0.2) is 0 Å². The van der Waals surface area contributed by atoms with Crippen molar-refractivity contribution in [2.24, 2.45) is 0 Å². The zero-order valence-corrected chi connectivity index (χ0v) is 17.7. The minimum atomic E-state index is -2.06. The summed E-state index contributed by atoms with van der Waals surface area (Å²) in [5, 5.41) is 0. The molecule has 0 fully saturated rings. The molecule has 0 aliphatic heterocycles. The molecule has 132 valence electrons. The van der Waals surface area contributed by atoms with Crippen LogP contribution >= 0.6 is 0 Å². The van der Waals surface area contributed by atoms with E-state index in [-0.39, 0.29) is 0 Å². The minimum absolute atomic E-state index is 0.721. The first-order valence-electron chi connectivity index (χ1n) is 10.1. The molecule has 0 bridgehead atoms. The molecule has 1 aliphatic carbocycles. The van der Waals surface area contributed by atoms with Crippen molar-refractivity contribution < 1.29 is 16.6 Å². The van der Waals surface area contributed by atoms with Crippen LogP contribution in [0.4, 0.5) is 0 Å². The van der Waals surface area contributed by atoms with Crippen LogP contribution in [0.25, 0.3) is 11.6 Å². The third-order valence-corrected chi connectivity index (χ3v) is 15.8. The summed E-state index contributed by atoms with van der Waals surface area (Å²) in [4.78, 5) is 0. The van der Waals surface area contributed by atoms with Crippen molar-refractivity contribution in [2.45, 2.75) is 58.4 Å². The average Bonchev–Trinajstić information content (AvgIpc) is 3.03. The van der Waals surface area contributed by atoms with Crippen LogP contribution in [0.15, 0.2) is 54.6 Å². The molecule has 2 aromatic carbocycles. The monoisotopic (exact) mass is 368 g/mol. The average molecular weight is 368 g/mol. The van der Waals surface area contributed by atoms with E-state index in [1.807, 2.05) is 0 Å². The standard InChI is InChI=1S/C15H11.3C3H7.Ti/c1-2-6-12(7-3-1)15-10-13-8-4-5-9-14(13)11-15;3*1-3-2;/h1-11H;3*1,3H2,2H3;. The van der Waals surface area contributed by atoms with Crippen molar-refractivity contribution in [3.63, 3.8) is 0 Å². The van der Waals surface area contributed by atoms with Gasteiger partial charge in [-0.05, 0) is 0 Å². The zero-order valence-electron chi connectivity index (χ0n) is 16.1. The van der Waals surface area contributed by atoms with E-state index < -0.39 is 16.6 Å². The second-order valence-electron chi connectivity index (χ2n) is 7.64. The van der Waals surface area contributed by atoms with Gasteiger partial charge in [-0.2, -0.15) is 0 Å². The van der Waals surface area contributed by atoms with Crippen LogP contribution in [-0.2, 0) is 16.6 Å². The summed E-state index contributed by atoms with van der Waals surface area (Å²) in [6.07, 6.45) is 6.55. The van der Waals surface area contributed by atoms with Gasteiger partial charge in [-0.3, -0.25) is 0 Å². The Hall–Kier alpha value is -1.11. The van der Waals surface area contributed by atoms with Crippen molar-refractivity contribution in [3.8, 4) is 0 Å².